The highest BCUT2D eigenvalue weighted by molar-refractivity contribution is 5.77. The Morgan fingerprint density at radius 1 is 0.943 bits per heavy atom. The molecule has 5 nitrogen and oxygen atoms in total. The Labute approximate surface area is 211 Å². The van der Waals surface area contributed by atoms with E-state index in [1.54, 1.807) is 0 Å². The third kappa shape index (κ3) is 8.72. The minimum absolute atomic E-state index is 0.0429. The van der Waals surface area contributed by atoms with Gasteiger partial charge in [-0.1, -0.05) is 76.1 Å². The molecular weight excluding hydrogens is 434 g/mol. The number of nitrogens with zero attached hydrogens (tertiary/aromatic N) is 2. The van der Waals surface area contributed by atoms with Crippen LogP contribution in [-0.2, 0) is 17.8 Å². The van der Waals surface area contributed by atoms with Crippen molar-refractivity contribution < 1.29 is 9.53 Å². The van der Waals surface area contributed by atoms with E-state index >= 15 is 0 Å². The second kappa shape index (κ2) is 14.6. The Morgan fingerprint density at radius 3 is 2.49 bits per heavy atom. The lowest BCUT2D eigenvalue weighted by molar-refractivity contribution is -0.123. The number of rotatable bonds is 16. The van der Waals surface area contributed by atoms with Crippen LogP contribution in [0.4, 0.5) is 0 Å². The Hall–Kier alpha value is -2.82. The first-order valence-corrected chi connectivity index (χ1v) is 13.5. The molecule has 0 fully saturated rings. The van der Waals surface area contributed by atoms with Gasteiger partial charge in [-0.25, -0.2) is 4.98 Å². The van der Waals surface area contributed by atoms with E-state index in [0.29, 0.717) is 6.54 Å². The number of aromatic nitrogens is 2. The first-order valence-electron chi connectivity index (χ1n) is 13.5. The highest BCUT2D eigenvalue weighted by Crippen LogP contribution is 2.20. The number of benzene rings is 2. The monoisotopic (exact) mass is 477 g/mol. The summed E-state index contributed by atoms with van der Waals surface area (Å²) in [7, 11) is 0. The van der Waals surface area contributed by atoms with Crippen molar-refractivity contribution in [2.45, 2.75) is 91.5 Å². The number of para-hydroxylation sites is 2. The van der Waals surface area contributed by atoms with Gasteiger partial charge in [0.1, 0.15) is 11.6 Å². The van der Waals surface area contributed by atoms with Gasteiger partial charge in [0.25, 0.3) is 5.91 Å². The zero-order valence-corrected chi connectivity index (χ0v) is 21.9. The molecule has 190 valence electrons. The molecule has 0 atom stereocenters. The summed E-state index contributed by atoms with van der Waals surface area (Å²) in [6, 6.07) is 14.4. The average molecular weight is 478 g/mol. The zero-order chi connectivity index (χ0) is 24.9. The van der Waals surface area contributed by atoms with Gasteiger partial charge >= 0.3 is 0 Å². The second-order valence-corrected chi connectivity index (χ2v) is 9.65. The highest BCUT2D eigenvalue weighted by atomic mass is 16.5. The Balaban J connectivity index is 1.42. The molecule has 5 heteroatoms. The molecule has 3 aromatic rings. The summed E-state index contributed by atoms with van der Waals surface area (Å²) in [5, 5.41) is 2.99. The number of amides is 1. The van der Waals surface area contributed by atoms with Crippen LogP contribution in [0, 0.1) is 13.8 Å². The van der Waals surface area contributed by atoms with Gasteiger partial charge in [0.2, 0.25) is 0 Å². The van der Waals surface area contributed by atoms with Gasteiger partial charge in [-0.3, -0.25) is 4.79 Å². The SMILES string of the molecule is CCCCCCCCCCn1c(CCCNC(=O)COc2cc(C)ccc2C)nc2ccccc21. The molecule has 1 amide bonds. The first kappa shape index (κ1) is 26.8. The van der Waals surface area contributed by atoms with Gasteiger partial charge in [-0.05, 0) is 56.0 Å². The quantitative estimate of drug-likeness (QED) is 0.228. The zero-order valence-electron chi connectivity index (χ0n) is 21.9. The molecule has 0 unspecified atom stereocenters. The number of ether oxygens (including phenoxy) is 1. The van der Waals surface area contributed by atoms with Gasteiger partial charge in [0.15, 0.2) is 6.61 Å². The molecule has 0 radical (unpaired) electrons. The van der Waals surface area contributed by atoms with Crippen LogP contribution < -0.4 is 10.1 Å². The Bertz CT molecular complexity index is 1060. The second-order valence-electron chi connectivity index (χ2n) is 9.65. The lowest BCUT2D eigenvalue weighted by Crippen LogP contribution is -2.30. The number of carbonyl (C=O) groups is 1. The highest BCUT2D eigenvalue weighted by Gasteiger charge is 2.11. The maximum atomic E-state index is 12.3. The van der Waals surface area contributed by atoms with Crippen LogP contribution >= 0.6 is 0 Å². The maximum absolute atomic E-state index is 12.3. The third-order valence-corrected chi connectivity index (χ3v) is 6.57. The fourth-order valence-electron chi connectivity index (χ4n) is 4.50. The van der Waals surface area contributed by atoms with Gasteiger partial charge in [-0.2, -0.15) is 0 Å². The molecule has 0 aliphatic rings. The molecular formula is C30H43N3O2. The van der Waals surface area contributed by atoms with E-state index < -0.39 is 0 Å². The van der Waals surface area contributed by atoms with Gasteiger partial charge in [-0.15, -0.1) is 0 Å². The van der Waals surface area contributed by atoms with Crippen molar-refractivity contribution in [3.63, 3.8) is 0 Å². The summed E-state index contributed by atoms with van der Waals surface area (Å²) in [6.45, 7) is 7.96. The lowest BCUT2D eigenvalue weighted by atomic mass is 10.1. The minimum Gasteiger partial charge on any atom is -0.483 e. The van der Waals surface area contributed by atoms with Crippen LogP contribution in [0.3, 0.4) is 0 Å². The summed E-state index contributed by atoms with van der Waals surface area (Å²) in [6.07, 6.45) is 12.3. The smallest absolute Gasteiger partial charge is 0.257 e. The molecule has 35 heavy (non-hydrogen) atoms. The van der Waals surface area contributed by atoms with Crippen molar-refractivity contribution in [3.8, 4) is 5.75 Å². The lowest BCUT2D eigenvalue weighted by Gasteiger charge is -2.11. The number of unbranched alkanes of at least 4 members (excludes halogenated alkanes) is 7. The Kier molecular flexibility index (Phi) is 11.1. The van der Waals surface area contributed by atoms with E-state index in [-0.39, 0.29) is 12.5 Å². The average Bonchev–Trinajstić information content (AvgIpc) is 3.21. The fraction of sp³-hybridized carbons (Fsp3) is 0.533. The molecule has 3 rings (SSSR count). The number of nitrogens with one attached hydrogen (secondary N) is 1. The number of hydrogen-bond acceptors (Lipinski definition) is 3. The molecule has 0 saturated heterocycles. The largest absolute Gasteiger partial charge is 0.483 e. The molecule has 1 aromatic heterocycles. The summed E-state index contributed by atoms with van der Waals surface area (Å²) in [4.78, 5) is 17.2. The Morgan fingerprint density at radius 2 is 1.69 bits per heavy atom. The fourth-order valence-corrected chi connectivity index (χ4v) is 4.50. The van der Waals surface area contributed by atoms with Crippen LogP contribution in [0.2, 0.25) is 0 Å². The summed E-state index contributed by atoms with van der Waals surface area (Å²) in [5.41, 5.74) is 4.45. The number of carbonyl (C=O) groups excluding carboxylic acids is 1. The van der Waals surface area contributed by atoms with Gasteiger partial charge in [0.05, 0.1) is 11.0 Å². The van der Waals surface area contributed by atoms with E-state index in [1.165, 1.54) is 56.9 Å². The normalized spacial score (nSPS) is 11.2. The van der Waals surface area contributed by atoms with E-state index in [9.17, 15) is 4.79 Å². The van der Waals surface area contributed by atoms with Crippen LogP contribution in [0.1, 0.15) is 81.7 Å². The van der Waals surface area contributed by atoms with Crippen molar-refractivity contribution in [1.29, 1.82) is 0 Å². The molecule has 0 aliphatic heterocycles. The topological polar surface area (TPSA) is 56.2 Å². The molecule has 0 aliphatic carbocycles. The van der Waals surface area contributed by atoms with Gasteiger partial charge < -0.3 is 14.6 Å². The third-order valence-electron chi connectivity index (χ3n) is 6.57. The number of imidazole rings is 1. The van der Waals surface area contributed by atoms with Crippen LogP contribution in [0.25, 0.3) is 11.0 Å². The van der Waals surface area contributed by atoms with Crippen molar-refractivity contribution in [3.05, 3.63) is 59.4 Å². The van der Waals surface area contributed by atoms with E-state index in [4.69, 9.17) is 9.72 Å². The summed E-state index contributed by atoms with van der Waals surface area (Å²) >= 11 is 0. The first-order chi connectivity index (χ1) is 17.1. The summed E-state index contributed by atoms with van der Waals surface area (Å²) in [5.74, 6) is 1.81. The van der Waals surface area contributed by atoms with Crippen molar-refractivity contribution in [1.82, 2.24) is 14.9 Å². The van der Waals surface area contributed by atoms with Crippen LogP contribution in [-0.4, -0.2) is 28.6 Å². The standard InChI is InChI=1S/C30H43N3O2/c1-4-5-6-7-8-9-10-13-21-33-27-16-12-11-15-26(27)32-29(33)17-14-20-31-30(34)23-35-28-22-24(2)18-19-25(28)3/h11-12,15-16,18-19,22H,4-10,13-14,17,20-21,23H2,1-3H3,(H,31,34). The molecule has 0 saturated carbocycles. The maximum Gasteiger partial charge on any atom is 0.257 e. The molecule has 1 heterocycles. The van der Waals surface area contributed by atoms with Crippen LogP contribution in [0.15, 0.2) is 42.5 Å². The number of aryl methyl sites for hydroxylation is 4. The number of hydrogen-bond donors (Lipinski definition) is 1. The predicted molar refractivity (Wildman–Crippen MR) is 145 cm³/mol. The summed E-state index contributed by atoms with van der Waals surface area (Å²) < 4.78 is 8.10. The molecule has 0 spiro atoms. The molecule has 1 N–H and O–H groups in total. The molecule has 0 bridgehead atoms. The predicted octanol–water partition coefficient (Wildman–Crippen LogP) is 6.92. The van der Waals surface area contributed by atoms with Gasteiger partial charge in [0, 0.05) is 19.5 Å². The van der Waals surface area contributed by atoms with Crippen LogP contribution in [0.5, 0.6) is 5.75 Å². The van der Waals surface area contributed by atoms with Crippen molar-refractivity contribution >= 4 is 16.9 Å². The number of fused-ring (bicyclic) bond motifs is 1. The van der Waals surface area contributed by atoms with Crippen molar-refractivity contribution in [2.75, 3.05) is 13.2 Å². The van der Waals surface area contributed by atoms with E-state index in [2.05, 4.69) is 41.1 Å². The van der Waals surface area contributed by atoms with E-state index in [1.807, 2.05) is 32.0 Å². The van der Waals surface area contributed by atoms with Crippen molar-refractivity contribution in [2.24, 2.45) is 0 Å². The minimum atomic E-state index is -0.0849. The molecule has 2 aromatic carbocycles. The van der Waals surface area contributed by atoms with E-state index in [0.717, 1.165) is 47.6 Å².